The Labute approximate surface area is 239 Å². The van der Waals surface area contributed by atoms with Gasteiger partial charge in [-0.05, 0) is 17.7 Å². The number of piperazine rings is 1. The Morgan fingerprint density at radius 2 is 1.85 bits per heavy atom. The maximum atomic E-state index is 11.8. The molecule has 1 saturated heterocycles. The van der Waals surface area contributed by atoms with Gasteiger partial charge >= 0.3 is 58.2 Å². The monoisotopic (exact) mass is 511 g/mol. The summed E-state index contributed by atoms with van der Waals surface area (Å²) in [7, 11) is 0. The van der Waals surface area contributed by atoms with Gasteiger partial charge in [0, 0.05) is 43.2 Å². The summed E-state index contributed by atoms with van der Waals surface area (Å²) in [5.74, 6) is 1.30. The molecule has 0 saturated carbocycles. The van der Waals surface area contributed by atoms with Gasteiger partial charge in [-0.1, -0.05) is 6.07 Å². The standard InChI is InChI=1S/C22H20N9O.Rb/c32-21-17-2-1-14(9-15(17)10-26-21)18-13-25-19(20-24-5-8-31(18)20)29-16-11-27-22(28-12-16)30-6-3-23-4-7-30;/h1-2,5,8-9,11-13H,3-4,6-7,10H2,(H,25,29)(H,26,32);/q-1;+1. The van der Waals surface area contributed by atoms with E-state index in [1.165, 1.54) is 0 Å². The number of carbonyl (C=O) groups excluding carboxylic acids is 1. The molecule has 0 radical (unpaired) electrons. The predicted octanol–water partition coefficient (Wildman–Crippen LogP) is -0.629. The van der Waals surface area contributed by atoms with E-state index in [1.54, 1.807) is 24.8 Å². The van der Waals surface area contributed by atoms with Crippen LogP contribution in [0.25, 0.3) is 22.2 Å². The Kier molecular flexibility index (Phi) is 6.52. The number of amides is 1. The van der Waals surface area contributed by atoms with E-state index in [1.807, 2.05) is 28.8 Å². The van der Waals surface area contributed by atoms with Crippen molar-refractivity contribution < 1.29 is 63.0 Å². The van der Waals surface area contributed by atoms with E-state index < -0.39 is 0 Å². The van der Waals surface area contributed by atoms with Gasteiger partial charge in [-0.15, -0.1) is 13.1 Å². The molecule has 6 rings (SSSR count). The largest absolute Gasteiger partial charge is 1.00 e. The number of hydrogen-bond acceptors (Lipinski definition) is 7. The average molecular weight is 512 g/mol. The Balaban J connectivity index is 0.00000228. The summed E-state index contributed by atoms with van der Waals surface area (Å²) in [6.07, 6.45) is 8.96. The van der Waals surface area contributed by atoms with Crippen molar-refractivity contribution in [1.82, 2.24) is 29.7 Å². The molecule has 0 bridgehead atoms. The van der Waals surface area contributed by atoms with E-state index in [2.05, 4.69) is 40.8 Å². The smallest absolute Gasteiger partial charge is 0.659 e. The van der Waals surface area contributed by atoms with Crippen molar-refractivity contribution in [2.75, 3.05) is 36.4 Å². The van der Waals surface area contributed by atoms with Crippen LogP contribution in [-0.2, 0) is 6.54 Å². The van der Waals surface area contributed by atoms with Crippen molar-refractivity contribution in [3.05, 3.63) is 65.6 Å². The normalized spacial score (nSPS) is 15.2. The van der Waals surface area contributed by atoms with E-state index in [9.17, 15) is 4.79 Å². The molecule has 0 aliphatic carbocycles. The molecule has 0 spiro atoms. The molecule has 160 valence electrons. The van der Waals surface area contributed by atoms with Gasteiger partial charge in [0.2, 0.25) is 5.95 Å². The zero-order valence-electron chi connectivity index (χ0n) is 18.2. The maximum Gasteiger partial charge on any atom is 1.00 e. The number of rotatable bonds is 4. The molecule has 33 heavy (non-hydrogen) atoms. The van der Waals surface area contributed by atoms with Gasteiger partial charge in [-0.25, -0.2) is 19.9 Å². The zero-order chi connectivity index (χ0) is 21.5. The third-order valence-corrected chi connectivity index (χ3v) is 5.75. The molecular formula is C22H20N9ORb. The minimum absolute atomic E-state index is 0. The predicted molar refractivity (Wildman–Crippen MR) is 120 cm³/mol. The summed E-state index contributed by atoms with van der Waals surface area (Å²) in [5.41, 5.74) is 5.02. The SMILES string of the molecule is O=C1NCc2cc(-c3cnc(Nc4cnc(N5CC[N-]CC5)nc4)c4nccn34)ccc21.[Rb+]. The van der Waals surface area contributed by atoms with Crippen LogP contribution in [0.2, 0.25) is 0 Å². The van der Waals surface area contributed by atoms with Crippen molar-refractivity contribution in [2.45, 2.75) is 6.54 Å². The zero-order valence-corrected chi connectivity index (χ0v) is 23.1. The van der Waals surface area contributed by atoms with Crippen LogP contribution in [0.4, 0.5) is 17.5 Å². The fraction of sp³-hybridized carbons (Fsp3) is 0.227. The molecule has 3 aromatic heterocycles. The van der Waals surface area contributed by atoms with Crippen LogP contribution in [-0.4, -0.2) is 56.4 Å². The van der Waals surface area contributed by atoms with Gasteiger partial charge in [0.15, 0.2) is 11.5 Å². The van der Waals surface area contributed by atoms with E-state index in [4.69, 9.17) is 0 Å². The van der Waals surface area contributed by atoms with Crippen molar-refractivity contribution in [1.29, 1.82) is 0 Å². The van der Waals surface area contributed by atoms with Gasteiger partial charge in [-0.2, -0.15) is 0 Å². The summed E-state index contributed by atoms with van der Waals surface area (Å²) in [5, 5.41) is 10.5. The van der Waals surface area contributed by atoms with Crippen LogP contribution < -0.4 is 73.7 Å². The number of anilines is 3. The summed E-state index contributed by atoms with van der Waals surface area (Å²) < 4.78 is 1.98. The summed E-state index contributed by atoms with van der Waals surface area (Å²) in [6, 6.07) is 5.82. The first-order valence-electron chi connectivity index (χ1n) is 10.5. The second-order valence-corrected chi connectivity index (χ2v) is 7.72. The van der Waals surface area contributed by atoms with Crippen LogP contribution in [0.15, 0.2) is 49.2 Å². The van der Waals surface area contributed by atoms with Crippen molar-refractivity contribution in [3.8, 4) is 11.3 Å². The molecule has 0 atom stereocenters. The van der Waals surface area contributed by atoms with Crippen molar-refractivity contribution in [2.24, 2.45) is 0 Å². The fourth-order valence-corrected chi connectivity index (χ4v) is 4.10. The molecule has 4 aromatic rings. The van der Waals surface area contributed by atoms with Crippen molar-refractivity contribution in [3.63, 3.8) is 0 Å². The quantitative estimate of drug-likeness (QED) is 0.375. The number of nitrogens with zero attached hydrogens (tertiary/aromatic N) is 7. The first-order valence-corrected chi connectivity index (χ1v) is 10.5. The van der Waals surface area contributed by atoms with Crippen LogP contribution in [0.1, 0.15) is 15.9 Å². The Hall–Kier alpha value is -2.24. The minimum Gasteiger partial charge on any atom is -0.659 e. The molecule has 2 aliphatic rings. The third kappa shape index (κ3) is 4.33. The average Bonchev–Trinajstić information content (AvgIpc) is 3.48. The number of fused-ring (bicyclic) bond motifs is 2. The molecular weight excluding hydrogens is 492 g/mol. The topological polar surface area (TPSA) is 114 Å². The number of imidazole rings is 1. The molecule has 5 heterocycles. The molecule has 10 nitrogen and oxygen atoms in total. The van der Waals surface area contributed by atoms with Gasteiger partial charge in [0.25, 0.3) is 5.91 Å². The van der Waals surface area contributed by atoms with Gasteiger partial charge in [0.05, 0.1) is 30.0 Å². The van der Waals surface area contributed by atoms with E-state index in [-0.39, 0.29) is 64.1 Å². The number of nitrogens with one attached hydrogen (secondary N) is 2. The summed E-state index contributed by atoms with van der Waals surface area (Å²) >= 11 is 0. The second kappa shape index (κ2) is 9.55. The molecule has 1 fully saturated rings. The molecule has 2 aliphatic heterocycles. The van der Waals surface area contributed by atoms with Gasteiger partial charge in [-0.3, -0.25) is 9.20 Å². The second-order valence-electron chi connectivity index (χ2n) is 7.72. The van der Waals surface area contributed by atoms with Gasteiger partial charge < -0.3 is 20.9 Å². The Morgan fingerprint density at radius 3 is 2.67 bits per heavy atom. The van der Waals surface area contributed by atoms with Crippen molar-refractivity contribution >= 4 is 29.0 Å². The molecule has 0 unspecified atom stereocenters. The minimum atomic E-state index is -0.0273. The maximum absolute atomic E-state index is 11.8. The van der Waals surface area contributed by atoms with Crippen LogP contribution in [0.5, 0.6) is 0 Å². The first kappa shape index (κ1) is 22.5. The fourth-order valence-electron chi connectivity index (χ4n) is 4.10. The van der Waals surface area contributed by atoms with Crippen LogP contribution >= 0.6 is 0 Å². The van der Waals surface area contributed by atoms with E-state index >= 15 is 0 Å². The third-order valence-electron chi connectivity index (χ3n) is 5.75. The Bertz CT molecular complexity index is 1320. The molecule has 1 amide bonds. The van der Waals surface area contributed by atoms with Crippen LogP contribution in [0, 0.1) is 0 Å². The summed E-state index contributed by atoms with van der Waals surface area (Å²) in [4.78, 5) is 32.1. The first-order chi connectivity index (χ1) is 15.8. The van der Waals surface area contributed by atoms with Gasteiger partial charge in [0.1, 0.15) is 0 Å². The number of aromatic nitrogens is 5. The number of hydrogen-bond donors (Lipinski definition) is 2. The van der Waals surface area contributed by atoms with E-state index in [0.717, 1.165) is 54.3 Å². The van der Waals surface area contributed by atoms with Crippen LogP contribution in [0.3, 0.4) is 0 Å². The number of carbonyl (C=O) groups is 1. The molecule has 2 N–H and O–H groups in total. The van der Waals surface area contributed by atoms with E-state index in [0.29, 0.717) is 24.0 Å². The molecule has 11 heteroatoms. The molecule has 1 aromatic carbocycles. The summed E-state index contributed by atoms with van der Waals surface area (Å²) in [6.45, 7) is 3.86. The Morgan fingerprint density at radius 1 is 1.03 bits per heavy atom. The number of benzene rings is 1.